The lowest BCUT2D eigenvalue weighted by Crippen LogP contribution is -2.58. The van der Waals surface area contributed by atoms with Crippen LogP contribution in [-0.4, -0.2) is 6.98 Å². The molecule has 0 aromatic heterocycles. The van der Waals surface area contributed by atoms with Crippen molar-refractivity contribution in [3.63, 3.8) is 0 Å². The fourth-order valence-electron chi connectivity index (χ4n) is 11.4. The van der Waals surface area contributed by atoms with Gasteiger partial charge >= 0.3 is 6.98 Å². The molecular formula is C68H72BBrN4. The van der Waals surface area contributed by atoms with Crippen LogP contribution in [0.2, 0.25) is 0 Å². The Balaban J connectivity index is 1.16. The van der Waals surface area contributed by atoms with E-state index in [-0.39, 0.29) is 34.1 Å². The van der Waals surface area contributed by atoms with Gasteiger partial charge in [-0.25, -0.2) is 0 Å². The molecule has 6 heteroatoms. The summed E-state index contributed by atoms with van der Waals surface area (Å²) in [4.78, 5) is 10.2. The molecule has 0 fully saturated rings. The molecule has 74 heavy (non-hydrogen) atoms. The maximum absolute atomic E-state index is 4.43. The molecule has 0 atom stereocenters. The second-order valence-corrected chi connectivity index (χ2v) is 27.0. The molecule has 0 amide bonds. The van der Waals surface area contributed by atoms with Gasteiger partial charge in [-0.1, -0.05) is 189 Å². The maximum Gasteiger partial charge on any atom is 0.422 e. The smallest absolute Gasteiger partial charge is 0.359 e. The Kier molecular flexibility index (Phi) is 11.6. The lowest BCUT2D eigenvalue weighted by molar-refractivity contribution is 0.589. The van der Waals surface area contributed by atoms with Crippen molar-refractivity contribution in [1.82, 2.24) is 0 Å². The number of benzene rings is 8. The molecule has 0 saturated carbocycles. The minimum atomic E-state index is -0.187. The van der Waals surface area contributed by atoms with E-state index in [0.717, 1.165) is 38.6 Å². The molecule has 3 heterocycles. The molecule has 3 aliphatic rings. The summed E-state index contributed by atoms with van der Waals surface area (Å²) in [6, 6.07) is 62.8. The predicted octanol–water partition coefficient (Wildman–Crippen LogP) is 19.5. The summed E-state index contributed by atoms with van der Waals surface area (Å²) in [6.07, 6.45) is 0. The highest BCUT2D eigenvalue weighted by Gasteiger charge is 2.52. The average molecular weight is 1040 g/mol. The zero-order valence-electron chi connectivity index (χ0n) is 46.3. The number of para-hydroxylation sites is 2. The molecule has 0 N–H and O–H groups in total. The van der Waals surface area contributed by atoms with E-state index < -0.39 is 0 Å². The summed E-state index contributed by atoms with van der Waals surface area (Å²) in [5.74, 6) is 0. The van der Waals surface area contributed by atoms with Gasteiger partial charge in [-0.3, -0.25) is 0 Å². The maximum atomic E-state index is 4.43. The number of hydrogen-bond acceptors (Lipinski definition) is 4. The third kappa shape index (κ3) is 8.37. The molecule has 0 unspecified atom stereocenters. The molecule has 8 aromatic rings. The zero-order valence-corrected chi connectivity index (χ0v) is 47.9. The van der Waals surface area contributed by atoms with Gasteiger partial charge in [-0.15, -0.1) is 0 Å². The minimum absolute atomic E-state index is 0.00606. The molecule has 3 aliphatic heterocycles. The van der Waals surface area contributed by atoms with Gasteiger partial charge in [-0.2, -0.15) is 0 Å². The SMILES string of the molecule is CC(C)(C)c1ccc(N(c2ccc(C(C)(C)C)cc2)c2cc(C(C)(C)C)cc(N(c3ccc(C(C)(C)C)cc3)c3ccc4c(c3)N3B5c6c(cc(C(C)(C)C)cc6-c6ccccc63)-c3ccccc3N54)c2Br)cc1. The molecular weight excluding hydrogens is 963 g/mol. The third-order valence-electron chi connectivity index (χ3n) is 15.8. The van der Waals surface area contributed by atoms with Crippen molar-refractivity contribution in [2.24, 2.45) is 0 Å². The van der Waals surface area contributed by atoms with Gasteiger partial charge in [0.05, 0.1) is 27.2 Å². The van der Waals surface area contributed by atoms with Crippen LogP contribution in [0.1, 0.15) is 132 Å². The van der Waals surface area contributed by atoms with Crippen molar-refractivity contribution in [1.29, 1.82) is 0 Å². The van der Waals surface area contributed by atoms with Gasteiger partial charge in [0.25, 0.3) is 0 Å². The molecule has 0 radical (unpaired) electrons. The summed E-state index contributed by atoms with van der Waals surface area (Å²) in [7, 11) is 0. The molecule has 0 spiro atoms. The van der Waals surface area contributed by atoms with Gasteiger partial charge < -0.3 is 19.4 Å². The van der Waals surface area contributed by atoms with Crippen LogP contribution in [0, 0.1) is 0 Å². The van der Waals surface area contributed by atoms with E-state index in [0.29, 0.717) is 0 Å². The number of rotatable bonds is 6. The Bertz CT molecular complexity index is 3410. The third-order valence-corrected chi connectivity index (χ3v) is 16.6. The first kappa shape index (κ1) is 49.7. The van der Waals surface area contributed by atoms with Crippen LogP contribution in [0.3, 0.4) is 0 Å². The van der Waals surface area contributed by atoms with E-state index in [1.165, 1.54) is 78.3 Å². The van der Waals surface area contributed by atoms with Crippen LogP contribution in [0.15, 0.2) is 168 Å². The van der Waals surface area contributed by atoms with E-state index in [1.54, 1.807) is 0 Å². The highest BCUT2D eigenvalue weighted by Crippen LogP contribution is 2.58. The molecule has 11 rings (SSSR count). The quantitative estimate of drug-likeness (QED) is 0.154. The highest BCUT2D eigenvalue weighted by molar-refractivity contribution is 9.10. The van der Waals surface area contributed by atoms with E-state index in [2.05, 4.69) is 303 Å². The summed E-state index contributed by atoms with van der Waals surface area (Å²) in [6.45, 7) is 34.6. The number of fused-ring (bicyclic) bond motifs is 9. The molecule has 0 saturated heterocycles. The summed E-state index contributed by atoms with van der Waals surface area (Å²) in [5, 5.41) is 0. The van der Waals surface area contributed by atoms with Crippen molar-refractivity contribution in [3.8, 4) is 22.3 Å². The lowest BCUT2D eigenvalue weighted by atomic mass is 9.54. The lowest BCUT2D eigenvalue weighted by Gasteiger charge is -2.42. The summed E-state index contributed by atoms with van der Waals surface area (Å²) < 4.78 is 1.01. The second kappa shape index (κ2) is 17.3. The first-order chi connectivity index (χ1) is 34.8. The first-order valence-electron chi connectivity index (χ1n) is 26.6. The van der Waals surface area contributed by atoms with Crippen LogP contribution in [0.25, 0.3) is 22.3 Å². The largest absolute Gasteiger partial charge is 0.422 e. The molecule has 4 nitrogen and oxygen atoms in total. The Hall–Kier alpha value is -6.50. The van der Waals surface area contributed by atoms with Gasteiger partial charge in [0.1, 0.15) is 0 Å². The van der Waals surface area contributed by atoms with Gasteiger partial charge in [0.15, 0.2) is 0 Å². The average Bonchev–Trinajstić information content (AvgIpc) is 3.74. The van der Waals surface area contributed by atoms with Crippen molar-refractivity contribution in [3.05, 3.63) is 196 Å². The van der Waals surface area contributed by atoms with E-state index in [9.17, 15) is 0 Å². The first-order valence-corrected chi connectivity index (χ1v) is 27.4. The molecule has 8 aromatic carbocycles. The van der Waals surface area contributed by atoms with Crippen LogP contribution >= 0.6 is 15.9 Å². The standard InChI is InChI=1S/C68H72BBrN4/c1-64(2,3)43-24-30-48(31-25-43)71(49-32-26-44(27-33-49)65(4,5)6)60-40-47(68(13,14)15)41-61(63(60)70)72(50-34-28-45(29-35-50)66(7,8)9)51-36-37-58-59(42-51)74-57-23-19-17-21-53(57)55-39-46(67(10,11)12)38-54-52-20-16-18-22-56(52)73(58)69(74)62(54)55/h16-42H,1-15H3. The highest BCUT2D eigenvalue weighted by atomic mass is 79.9. The Morgan fingerprint density at radius 3 is 1.05 bits per heavy atom. The van der Waals surface area contributed by atoms with E-state index in [1.807, 2.05) is 0 Å². The van der Waals surface area contributed by atoms with Crippen LogP contribution in [-0.2, 0) is 27.1 Å². The fourth-order valence-corrected chi connectivity index (χ4v) is 12.0. The minimum Gasteiger partial charge on any atom is -0.359 e. The molecule has 374 valence electrons. The fraction of sp³-hybridized carbons (Fsp3) is 0.294. The normalized spacial score (nSPS) is 13.9. The van der Waals surface area contributed by atoms with E-state index in [4.69, 9.17) is 0 Å². The van der Waals surface area contributed by atoms with Crippen LogP contribution < -0.4 is 24.9 Å². The van der Waals surface area contributed by atoms with Crippen molar-refractivity contribution in [2.45, 2.75) is 131 Å². The predicted molar refractivity (Wildman–Crippen MR) is 324 cm³/mol. The summed E-state index contributed by atoms with van der Waals surface area (Å²) in [5.41, 5.74) is 24.3. The van der Waals surface area contributed by atoms with Crippen molar-refractivity contribution in [2.75, 3.05) is 19.4 Å². The van der Waals surface area contributed by atoms with E-state index >= 15 is 0 Å². The number of nitrogens with zero attached hydrogens (tertiary/aromatic N) is 4. The number of hydrogen-bond donors (Lipinski definition) is 0. The second-order valence-electron chi connectivity index (χ2n) is 26.2. The summed E-state index contributed by atoms with van der Waals surface area (Å²) >= 11 is 4.43. The van der Waals surface area contributed by atoms with Crippen LogP contribution in [0.5, 0.6) is 0 Å². The molecule has 0 bridgehead atoms. The van der Waals surface area contributed by atoms with Gasteiger partial charge in [0.2, 0.25) is 0 Å². The Labute approximate surface area is 451 Å². The van der Waals surface area contributed by atoms with Gasteiger partial charge in [0, 0.05) is 45.3 Å². The number of anilines is 10. The molecule has 0 aliphatic carbocycles. The zero-order chi connectivity index (χ0) is 52.6. The topological polar surface area (TPSA) is 13.0 Å². The monoisotopic (exact) mass is 1030 g/mol. The van der Waals surface area contributed by atoms with Gasteiger partial charge in [-0.05, 0) is 166 Å². The van der Waals surface area contributed by atoms with Crippen molar-refractivity contribution >= 4 is 85.2 Å². The van der Waals surface area contributed by atoms with Crippen LogP contribution in [0.4, 0.5) is 56.9 Å². The number of halogens is 1. The Morgan fingerprint density at radius 2 is 0.662 bits per heavy atom. The Morgan fingerprint density at radius 1 is 0.324 bits per heavy atom. The van der Waals surface area contributed by atoms with Crippen molar-refractivity contribution < 1.29 is 0 Å².